The number of carbonyl (C=O) groups excluding carboxylic acids is 1. The Morgan fingerprint density at radius 2 is 2.42 bits per heavy atom. The largest absolute Gasteiger partial charge is 0.459 e. The Balaban J connectivity index is 2.27. The lowest BCUT2D eigenvalue weighted by Crippen LogP contribution is -2.30. The van der Waals surface area contributed by atoms with Crippen molar-refractivity contribution < 1.29 is 14.1 Å². The predicted octanol–water partition coefficient (Wildman–Crippen LogP) is 0.689. The van der Waals surface area contributed by atoms with Gasteiger partial charge in [0.25, 0.3) is 0 Å². The molecule has 0 spiro atoms. The first kappa shape index (κ1) is 13.1. The fraction of sp³-hybridized carbons (Fsp3) is 0.111. The summed E-state index contributed by atoms with van der Waals surface area (Å²) in [5.74, 6) is 3.96. The minimum absolute atomic E-state index is 0.0109. The van der Waals surface area contributed by atoms with Crippen LogP contribution in [0, 0.1) is 10.1 Å². The molecule has 0 aliphatic carbocycles. The Morgan fingerprint density at radius 3 is 3.00 bits per heavy atom. The van der Waals surface area contributed by atoms with Crippen molar-refractivity contribution in [3.63, 3.8) is 0 Å². The third-order valence-electron chi connectivity index (χ3n) is 2.29. The van der Waals surface area contributed by atoms with Gasteiger partial charge < -0.3 is 14.5 Å². The smallest absolute Gasteiger partial charge is 0.408 e. The van der Waals surface area contributed by atoms with Crippen molar-refractivity contribution >= 4 is 23.3 Å². The molecule has 0 fully saturated rings. The number of rotatable bonds is 4. The summed E-state index contributed by atoms with van der Waals surface area (Å²) in [4.78, 5) is 21.3. The van der Waals surface area contributed by atoms with E-state index < -0.39 is 16.6 Å². The SMILES string of the molecule is NNC(=O)c1occc1Cn1cc(Cl)c([N+](=O)[O-])n1. The standard InChI is InChI=1S/C9H8ClN5O4/c10-6-4-14(13-8(6)15(17)18)3-5-1-2-19-7(5)9(16)12-11/h1-2,4H,3,11H2,(H,12,16). The first-order valence-corrected chi connectivity index (χ1v) is 5.35. The van der Waals surface area contributed by atoms with Crippen LogP contribution >= 0.6 is 11.6 Å². The number of nitrogens with one attached hydrogen (secondary N) is 1. The zero-order chi connectivity index (χ0) is 14.0. The Hall–Kier alpha value is -2.39. The van der Waals surface area contributed by atoms with Crippen LogP contribution in [0.25, 0.3) is 0 Å². The Kier molecular flexibility index (Phi) is 3.49. The van der Waals surface area contributed by atoms with Crippen molar-refractivity contribution in [3.05, 3.63) is 45.0 Å². The van der Waals surface area contributed by atoms with E-state index in [4.69, 9.17) is 21.9 Å². The second kappa shape index (κ2) is 5.08. The predicted molar refractivity (Wildman–Crippen MR) is 63.4 cm³/mol. The quantitative estimate of drug-likeness (QED) is 0.368. The van der Waals surface area contributed by atoms with E-state index in [2.05, 4.69) is 5.10 Å². The number of halogens is 1. The average Bonchev–Trinajstić information content (AvgIpc) is 2.95. The summed E-state index contributed by atoms with van der Waals surface area (Å²) in [5, 5.41) is 14.2. The summed E-state index contributed by atoms with van der Waals surface area (Å²) in [6, 6.07) is 1.53. The Bertz CT molecular complexity index is 634. The zero-order valence-corrected chi connectivity index (χ0v) is 10.1. The molecule has 2 rings (SSSR count). The van der Waals surface area contributed by atoms with Gasteiger partial charge in [-0.25, -0.2) is 5.84 Å². The maximum absolute atomic E-state index is 11.4. The molecule has 2 aromatic rings. The molecule has 1 amide bonds. The van der Waals surface area contributed by atoms with E-state index in [0.717, 1.165) is 0 Å². The highest BCUT2D eigenvalue weighted by Gasteiger charge is 2.21. The molecule has 0 saturated carbocycles. The maximum Gasteiger partial charge on any atom is 0.408 e. The highest BCUT2D eigenvalue weighted by Crippen LogP contribution is 2.22. The number of aromatic nitrogens is 2. The normalized spacial score (nSPS) is 10.4. The van der Waals surface area contributed by atoms with Gasteiger partial charge in [0, 0.05) is 5.56 Å². The van der Waals surface area contributed by atoms with Crippen LogP contribution < -0.4 is 11.3 Å². The lowest BCUT2D eigenvalue weighted by Gasteiger charge is -1.99. The number of furan rings is 1. The number of nitrogen functional groups attached to an aromatic ring is 1. The molecule has 0 atom stereocenters. The van der Waals surface area contributed by atoms with Crippen molar-refractivity contribution in [2.75, 3.05) is 0 Å². The van der Waals surface area contributed by atoms with E-state index in [1.807, 2.05) is 5.43 Å². The van der Waals surface area contributed by atoms with Crippen molar-refractivity contribution in [2.45, 2.75) is 6.54 Å². The van der Waals surface area contributed by atoms with Crippen molar-refractivity contribution in [1.29, 1.82) is 0 Å². The molecule has 9 nitrogen and oxygen atoms in total. The highest BCUT2D eigenvalue weighted by atomic mass is 35.5. The Labute approximate surface area is 111 Å². The first-order chi connectivity index (χ1) is 9.02. The zero-order valence-electron chi connectivity index (χ0n) is 9.37. The number of nitro groups is 1. The van der Waals surface area contributed by atoms with Gasteiger partial charge in [-0.05, 0) is 11.0 Å². The topological polar surface area (TPSA) is 129 Å². The summed E-state index contributed by atoms with van der Waals surface area (Å²) in [5.41, 5.74) is 2.40. The van der Waals surface area contributed by atoms with Gasteiger partial charge in [-0.15, -0.1) is 0 Å². The lowest BCUT2D eigenvalue weighted by atomic mass is 10.2. The summed E-state index contributed by atoms with van der Waals surface area (Å²) in [6.45, 7) is 0.0901. The van der Waals surface area contributed by atoms with Gasteiger partial charge in [-0.3, -0.25) is 10.2 Å². The van der Waals surface area contributed by atoms with Gasteiger partial charge in [-0.2, -0.15) is 4.68 Å². The molecular weight excluding hydrogens is 278 g/mol. The molecule has 0 aliphatic heterocycles. The fourth-order valence-corrected chi connectivity index (χ4v) is 1.71. The van der Waals surface area contributed by atoms with Crippen LogP contribution in [0.4, 0.5) is 5.82 Å². The van der Waals surface area contributed by atoms with E-state index in [1.165, 1.54) is 23.2 Å². The van der Waals surface area contributed by atoms with Gasteiger partial charge in [0.15, 0.2) is 10.8 Å². The van der Waals surface area contributed by atoms with Crippen molar-refractivity contribution in [2.24, 2.45) is 5.84 Å². The average molecular weight is 286 g/mol. The van der Waals surface area contributed by atoms with Gasteiger partial charge in [0.2, 0.25) is 0 Å². The second-order valence-electron chi connectivity index (χ2n) is 3.50. The number of hydrogen-bond acceptors (Lipinski definition) is 6. The van der Waals surface area contributed by atoms with Crippen LogP contribution in [0.1, 0.15) is 16.1 Å². The second-order valence-corrected chi connectivity index (χ2v) is 3.91. The van der Waals surface area contributed by atoms with Crippen LogP contribution in [-0.4, -0.2) is 20.6 Å². The minimum atomic E-state index is -0.693. The van der Waals surface area contributed by atoms with E-state index in [0.29, 0.717) is 5.56 Å². The minimum Gasteiger partial charge on any atom is -0.459 e. The molecule has 0 bridgehead atoms. The molecule has 0 aromatic carbocycles. The van der Waals surface area contributed by atoms with Crippen LogP contribution in [-0.2, 0) is 6.54 Å². The lowest BCUT2D eigenvalue weighted by molar-refractivity contribution is -0.389. The monoisotopic (exact) mass is 285 g/mol. The molecule has 0 radical (unpaired) electrons. The summed E-state index contributed by atoms with van der Waals surface area (Å²) in [6.07, 6.45) is 2.59. The molecule has 3 N–H and O–H groups in total. The van der Waals surface area contributed by atoms with Gasteiger partial charge in [0.05, 0.1) is 24.1 Å². The van der Waals surface area contributed by atoms with E-state index in [1.54, 1.807) is 0 Å². The summed E-state index contributed by atoms with van der Waals surface area (Å²) in [7, 11) is 0. The number of nitrogens with zero attached hydrogens (tertiary/aromatic N) is 3. The molecule has 0 aliphatic rings. The molecule has 2 heterocycles. The molecule has 0 saturated heterocycles. The molecular formula is C9H8ClN5O4. The van der Waals surface area contributed by atoms with Gasteiger partial charge in [-0.1, -0.05) is 11.6 Å². The van der Waals surface area contributed by atoms with Gasteiger partial charge in [0.1, 0.15) is 0 Å². The molecule has 100 valence electrons. The number of nitrogens with two attached hydrogens (primary N) is 1. The van der Waals surface area contributed by atoms with Gasteiger partial charge >= 0.3 is 11.7 Å². The van der Waals surface area contributed by atoms with E-state index >= 15 is 0 Å². The third kappa shape index (κ3) is 2.56. The number of hydrogen-bond donors (Lipinski definition) is 2. The van der Waals surface area contributed by atoms with Crippen LogP contribution in [0.5, 0.6) is 0 Å². The number of hydrazine groups is 1. The number of amides is 1. The molecule has 0 unspecified atom stereocenters. The third-order valence-corrected chi connectivity index (χ3v) is 2.56. The van der Waals surface area contributed by atoms with Crippen LogP contribution in [0.2, 0.25) is 5.02 Å². The molecule has 2 aromatic heterocycles. The van der Waals surface area contributed by atoms with Crippen molar-refractivity contribution in [1.82, 2.24) is 15.2 Å². The highest BCUT2D eigenvalue weighted by molar-refractivity contribution is 6.32. The molecule has 19 heavy (non-hydrogen) atoms. The first-order valence-electron chi connectivity index (χ1n) is 4.97. The molecule has 10 heteroatoms. The van der Waals surface area contributed by atoms with Crippen molar-refractivity contribution in [3.8, 4) is 0 Å². The summed E-state index contributed by atoms with van der Waals surface area (Å²) >= 11 is 5.66. The number of carbonyl (C=O) groups is 1. The summed E-state index contributed by atoms with van der Waals surface area (Å²) < 4.78 is 6.21. The van der Waals surface area contributed by atoms with Crippen LogP contribution in [0.3, 0.4) is 0 Å². The fourth-order valence-electron chi connectivity index (χ4n) is 1.49. The van der Waals surface area contributed by atoms with E-state index in [-0.39, 0.29) is 17.3 Å². The van der Waals surface area contributed by atoms with Crippen LogP contribution in [0.15, 0.2) is 22.9 Å². The van der Waals surface area contributed by atoms with E-state index in [9.17, 15) is 14.9 Å². The maximum atomic E-state index is 11.4. The Morgan fingerprint density at radius 1 is 1.68 bits per heavy atom.